The number of nitrogens with zero attached hydrogens (tertiary/aromatic N) is 4. The molecule has 3 N–H and O–H groups in total. The van der Waals surface area contributed by atoms with Crippen LogP contribution in [-0.2, 0) is 10.8 Å². The summed E-state index contributed by atoms with van der Waals surface area (Å²) in [6.45, 7) is 6.26. The van der Waals surface area contributed by atoms with Gasteiger partial charge in [-0.15, -0.1) is 0 Å². The lowest BCUT2D eigenvalue weighted by Gasteiger charge is -2.40. The van der Waals surface area contributed by atoms with Crippen molar-refractivity contribution in [3.05, 3.63) is 16.3 Å². The molecule has 9 nitrogen and oxygen atoms in total. The zero-order valence-corrected chi connectivity index (χ0v) is 13.4. The molecule has 1 aliphatic rings. The van der Waals surface area contributed by atoms with Crippen LogP contribution < -0.4 is 11.1 Å². The second-order valence-electron chi connectivity index (χ2n) is 5.72. The van der Waals surface area contributed by atoms with Crippen molar-refractivity contribution in [2.75, 3.05) is 42.2 Å². The smallest absolute Gasteiger partial charge is 0.329 e. The molecule has 10 heteroatoms. The van der Waals surface area contributed by atoms with E-state index in [9.17, 15) is 14.3 Å². The Morgan fingerprint density at radius 1 is 1.50 bits per heavy atom. The summed E-state index contributed by atoms with van der Waals surface area (Å²) in [5, 5.41) is 13.7. The molecule has 0 aromatic carbocycles. The molecule has 0 aliphatic carbocycles. The minimum atomic E-state index is -0.713. The van der Waals surface area contributed by atoms with E-state index in [-0.39, 0.29) is 23.0 Å². The van der Waals surface area contributed by atoms with Gasteiger partial charge in [0.15, 0.2) is 0 Å². The molecule has 1 aromatic heterocycles. The summed E-state index contributed by atoms with van der Waals surface area (Å²) in [4.78, 5) is 20.1. The van der Waals surface area contributed by atoms with E-state index in [1.165, 1.54) is 0 Å². The van der Waals surface area contributed by atoms with Crippen LogP contribution in [-0.4, -0.2) is 60.7 Å². The standard InChI is InChI=1S/C12H20N6O3S/c1-12(2,17-3-5-22(21)6-4-17)8-15-11-14-7-9(18(19)20)10(13)16-11/h7H,3-6,8H2,1-2H3,(H3,13,14,15,16). The zero-order chi connectivity index (χ0) is 16.3. The van der Waals surface area contributed by atoms with Gasteiger partial charge in [0.05, 0.1) is 4.92 Å². The Morgan fingerprint density at radius 2 is 2.14 bits per heavy atom. The molecule has 0 radical (unpaired) electrons. The summed E-state index contributed by atoms with van der Waals surface area (Å²) in [5.74, 6) is 1.47. The van der Waals surface area contributed by atoms with Crippen molar-refractivity contribution in [1.82, 2.24) is 14.9 Å². The Bertz CT molecular complexity index is 584. The van der Waals surface area contributed by atoms with E-state index in [0.717, 1.165) is 19.3 Å². The van der Waals surface area contributed by atoms with E-state index in [2.05, 4.69) is 34.0 Å². The van der Waals surface area contributed by atoms with Crippen molar-refractivity contribution < 1.29 is 9.13 Å². The summed E-state index contributed by atoms with van der Waals surface area (Å²) in [5.41, 5.74) is 5.06. The zero-order valence-electron chi connectivity index (χ0n) is 12.6. The second kappa shape index (κ2) is 6.53. The van der Waals surface area contributed by atoms with E-state index in [4.69, 9.17) is 5.73 Å². The minimum absolute atomic E-state index is 0.159. The van der Waals surface area contributed by atoms with Crippen molar-refractivity contribution in [1.29, 1.82) is 0 Å². The highest BCUT2D eigenvalue weighted by molar-refractivity contribution is 7.85. The van der Waals surface area contributed by atoms with Crippen LogP contribution >= 0.6 is 0 Å². The lowest BCUT2D eigenvalue weighted by atomic mass is 10.0. The first-order valence-electron chi connectivity index (χ1n) is 6.90. The number of hydrogen-bond donors (Lipinski definition) is 2. The van der Waals surface area contributed by atoms with Gasteiger partial charge in [-0.25, -0.2) is 4.98 Å². The first-order valence-corrected chi connectivity index (χ1v) is 8.39. The largest absolute Gasteiger partial charge is 0.378 e. The van der Waals surface area contributed by atoms with E-state index >= 15 is 0 Å². The van der Waals surface area contributed by atoms with E-state index in [0.29, 0.717) is 18.1 Å². The molecule has 0 bridgehead atoms. The third-order valence-electron chi connectivity index (χ3n) is 3.71. The maximum atomic E-state index is 11.4. The Morgan fingerprint density at radius 3 is 2.68 bits per heavy atom. The second-order valence-corrected chi connectivity index (χ2v) is 7.42. The highest BCUT2D eigenvalue weighted by Gasteiger charge is 2.29. The lowest BCUT2D eigenvalue weighted by Crippen LogP contribution is -2.53. The fraction of sp³-hybridized carbons (Fsp3) is 0.667. The van der Waals surface area contributed by atoms with Crippen LogP contribution in [0.25, 0.3) is 0 Å². The molecule has 2 heterocycles. The van der Waals surface area contributed by atoms with E-state index in [1.54, 1.807) is 0 Å². The normalized spacial score (nSPS) is 17.4. The Hall–Kier alpha value is -1.81. The molecule has 122 valence electrons. The predicted octanol–water partition coefficient (Wildman–Crippen LogP) is 0.222. The van der Waals surface area contributed by atoms with E-state index < -0.39 is 15.7 Å². The molecule has 2 rings (SSSR count). The van der Waals surface area contributed by atoms with Gasteiger partial charge in [-0.1, -0.05) is 0 Å². The number of nitrogens with two attached hydrogens (primary N) is 1. The molecule has 22 heavy (non-hydrogen) atoms. The van der Waals surface area contributed by atoms with Crippen molar-refractivity contribution in [3.8, 4) is 0 Å². The van der Waals surface area contributed by atoms with Crippen LogP contribution in [0.5, 0.6) is 0 Å². The molecule has 1 fully saturated rings. The van der Waals surface area contributed by atoms with Crippen molar-refractivity contribution in [3.63, 3.8) is 0 Å². The van der Waals surface area contributed by atoms with Crippen molar-refractivity contribution in [2.45, 2.75) is 19.4 Å². The molecule has 1 aromatic rings. The van der Waals surface area contributed by atoms with Crippen LogP contribution in [0.15, 0.2) is 6.20 Å². The molecule has 0 unspecified atom stereocenters. The van der Waals surface area contributed by atoms with Crippen molar-refractivity contribution >= 4 is 28.3 Å². The van der Waals surface area contributed by atoms with Gasteiger partial charge in [-0.2, -0.15) is 4.98 Å². The maximum Gasteiger partial charge on any atom is 0.329 e. The summed E-state index contributed by atoms with van der Waals surface area (Å²) >= 11 is 0. The molecular formula is C12H20N6O3S. The van der Waals surface area contributed by atoms with Crippen molar-refractivity contribution in [2.24, 2.45) is 0 Å². The van der Waals surface area contributed by atoms with Crippen LogP contribution in [0.3, 0.4) is 0 Å². The summed E-state index contributed by atoms with van der Waals surface area (Å²) < 4.78 is 11.4. The van der Waals surface area contributed by atoms with Gasteiger partial charge in [-0.05, 0) is 13.8 Å². The van der Waals surface area contributed by atoms with E-state index in [1.807, 2.05) is 0 Å². The maximum absolute atomic E-state index is 11.4. The third-order valence-corrected chi connectivity index (χ3v) is 4.98. The van der Waals surface area contributed by atoms with Crippen LogP contribution in [0.4, 0.5) is 17.5 Å². The van der Waals surface area contributed by atoms with Gasteiger partial charge in [-0.3, -0.25) is 19.2 Å². The number of rotatable bonds is 5. The van der Waals surface area contributed by atoms with Crippen LogP contribution in [0, 0.1) is 10.1 Å². The fourth-order valence-corrected chi connectivity index (χ4v) is 3.32. The fourth-order valence-electron chi connectivity index (χ4n) is 2.26. The average Bonchev–Trinajstić information content (AvgIpc) is 2.45. The molecule has 0 spiro atoms. The quantitative estimate of drug-likeness (QED) is 0.580. The van der Waals surface area contributed by atoms with Gasteiger partial charge in [0, 0.05) is 47.5 Å². The van der Waals surface area contributed by atoms with Crippen LogP contribution in [0.1, 0.15) is 13.8 Å². The molecule has 1 saturated heterocycles. The van der Waals surface area contributed by atoms with Gasteiger partial charge in [0.25, 0.3) is 0 Å². The number of nitrogen functional groups attached to an aromatic ring is 1. The number of nitrogens with one attached hydrogen (secondary N) is 1. The SMILES string of the molecule is CC(C)(CNc1ncc([N+](=O)[O-])c(N)n1)N1CCS(=O)CC1. The predicted molar refractivity (Wildman–Crippen MR) is 85.1 cm³/mol. The highest BCUT2D eigenvalue weighted by Crippen LogP contribution is 2.20. The molecule has 1 aliphatic heterocycles. The van der Waals surface area contributed by atoms with Gasteiger partial charge in [0.2, 0.25) is 11.8 Å². The molecular weight excluding hydrogens is 308 g/mol. The number of hydrogen-bond acceptors (Lipinski definition) is 8. The van der Waals surface area contributed by atoms with Gasteiger partial charge >= 0.3 is 5.69 Å². The molecule has 0 amide bonds. The lowest BCUT2D eigenvalue weighted by molar-refractivity contribution is -0.384. The number of nitro groups is 1. The summed E-state index contributed by atoms with van der Waals surface area (Å²) in [6.07, 6.45) is 1.10. The summed E-state index contributed by atoms with van der Waals surface area (Å²) in [6, 6.07) is 0. The topological polar surface area (TPSA) is 127 Å². The highest BCUT2D eigenvalue weighted by atomic mass is 32.2. The summed E-state index contributed by atoms with van der Waals surface area (Å²) in [7, 11) is -0.713. The van der Waals surface area contributed by atoms with Crippen LogP contribution in [0.2, 0.25) is 0 Å². The number of aromatic nitrogens is 2. The Labute approximate surface area is 130 Å². The van der Waals surface area contributed by atoms with Gasteiger partial charge < -0.3 is 11.1 Å². The Balaban J connectivity index is 1.98. The first kappa shape index (κ1) is 16.6. The Kier molecular flexibility index (Phi) is 4.91. The third kappa shape index (κ3) is 3.89. The van der Waals surface area contributed by atoms with Gasteiger partial charge in [0.1, 0.15) is 6.20 Å². The molecule has 0 saturated carbocycles. The minimum Gasteiger partial charge on any atom is -0.378 e. The number of anilines is 2. The monoisotopic (exact) mass is 328 g/mol. The average molecular weight is 328 g/mol. The first-order chi connectivity index (χ1) is 10.3. The molecule has 0 atom stereocenters.